The maximum atomic E-state index is 11.2. The van der Waals surface area contributed by atoms with Crippen LogP contribution in [0.5, 0.6) is 0 Å². The molecule has 0 aliphatic heterocycles. The Kier molecular flexibility index (Phi) is 2.51. The molecule has 0 saturated carbocycles. The monoisotopic (exact) mass is 202 g/mol. The van der Waals surface area contributed by atoms with E-state index in [1.54, 1.807) is 13.2 Å². The van der Waals surface area contributed by atoms with Crippen molar-refractivity contribution >= 4 is 15.6 Å². The van der Waals surface area contributed by atoms with Gasteiger partial charge < -0.3 is 0 Å². The highest BCUT2D eigenvalue weighted by atomic mass is 32.2. The van der Waals surface area contributed by atoms with Crippen molar-refractivity contribution in [3.8, 4) is 0 Å². The fraction of sp³-hybridized carbons (Fsp3) is 0.429. The highest BCUT2D eigenvalue weighted by Crippen LogP contribution is 1.98. The number of ketones is 1. The van der Waals surface area contributed by atoms with E-state index in [4.69, 9.17) is 0 Å². The number of rotatable bonds is 3. The van der Waals surface area contributed by atoms with Gasteiger partial charge in [-0.05, 0) is 6.07 Å². The molecule has 1 rings (SSSR count). The van der Waals surface area contributed by atoms with Crippen molar-refractivity contribution in [1.29, 1.82) is 0 Å². The Morgan fingerprint density at radius 3 is 2.62 bits per heavy atom. The molecule has 13 heavy (non-hydrogen) atoms. The largest absolute Gasteiger partial charge is 0.291 e. The third kappa shape index (κ3) is 2.98. The molecule has 1 heterocycles. The summed E-state index contributed by atoms with van der Waals surface area (Å²) in [7, 11) is -1.60. The zero-order valence-electron chi connectivity index (χ0n) is 7.39. The van der Waals surface area contributed by atoms with E-state index in [9.17, 15) is 13.2 Å². The normalized spacial score (nSPS) is 11.5. The van der Waals surface area contributed by atoms with Crippen LogP contribution < -0.4 is 0 Å². The summed E-state index contributed by atoms with van der Waals surface area (Å²) in [4.78, 5) is 11.2. The summed E-state index contributed by atoms with van der Waals surface area (Å²) >= 11 is 0. The van der Waals surface area contributed by atoms with E-state index in [1.165, 1.54) is 10.7 Å². The lowest BCUT2D eigenvalue weighted by molar-refractivity contribution is 0.101. The summed E-state index contributed by atoms with van der Waals surface area (Å²) in [6.07, 6.45) is 2.61. The molecule has 0 aromatic carbocycles. The first-order valence-corrected chi connectivity index (χ1v) is 5.65. The molecule has 1 aromatic heterocycles. The number of aryl methyl sites for hydroxylation is 1. The molecule has 0 bridgehead atoms. The minimum atomic E-state index is -3.26. The Labute approximate surface area is 76.3 Å². The molecule has 0 unspecified atom stereocenters. The number of nitrogens with zero attached hydrogens (tertiary/aromatic N) is 2. The van der Waals surface area contributed by atoms with Crippen LogP contribution in [0.2, 0.25) is 0 Å². The number of sulfone groups is 1. The fourth-order valence-electron chi connectivity index (χ4n) is 0.876. The zero-order chi connectivity index (χ0) is 10.1. The maximum absolute atomic E-state index is 11.2. The highest BCUT2D eigenvalue weighted by molar-refractivity contribution is 7.91. The van der Waals surface area contributed by atoms with Crippen LogP contribution in [0.3, 0.4) is 0 Å². The van der Waals surface area contributed by atoms with E-state index in [0.29, 0.717) is 0 Å². The maximum Gasteiger partial charge on any atom is 0.198 e. The lowest BCUT2D eigenvalue weighted by Crippen LogP contribution is -2.15. The second-order valence-corrected chi connectivity index (χ2v) is 5.01. The molecule has 0 atom stereocenters. The van der Waals surface area contributed by atoms with Gasteiger partial charge >= 0.3 is 0 Å². The third-order valence-corrected chi connectivity index (χ3v) is 2.18. The molecule has 5 nitrogen and oxygen atoms in total. The molecule has 6 heteroatoms. The number of aromatic nitrogens is 2. The van der Waals surface area contributed by atoms with Crippen molar-refractivity contribution < 1.29 is 13.2 Å². The number of Topliss-reactive ketones (excluding diaryl/α,β-unsaturated/α-hetero) is 1. The van der Waals surface area contributed by atoms with Gasteiger partial charge in [-0.25, -0.2) is 8.42 Å². The number of hydrogen-bond donors (Lipinski definition) is 0. The van der Waals surface area contributed by atoms with Gasteiger partial charge in [-0.2, -0.15) is 5.10 Å². The fourth-order valence-corrected chi connectivity index (χ4v) is 1.50. The van der Waals surface area contributed by atoms with Gasteiger partial charge in [0.2, 0.25) is 0 Å². The molecule has 0 N–H and O–H groups in total. The Bertz CT molecular complexity index is 419. The van der Waals surface area contributed by atoms with Crippen molar-refractivity contribution in [3.63, 3.8) is 0 Å². The average Bonchev–Trinajstić information content (AvgIpc) is 2.31. The smallest absolute Gasteiger partial charge is 0.198 e. The van der Waals surface area contributed by atoms with Crippen molar-refractivity contribution in [2.75, 3.05) is 12.0 Å². The van der Waals surface area contributed by atoms with Crippen LogP contribution >= 0.6 is 0 Å². The van der Waals surface area contributed by atoms with E-state index in [0.717, 1.165) is 6.26 Å². The van der Waals surface area contributed by atoms with Crippen LogP contribution in [0.1, 0.15) is 10.5 Å². The molecule has 72 valence electrons. The molecule has 0 aliphatic rings. The van der Waals surface area contributed by atoms with Gasteiger partial charge in [0.25, 0.3) is 0 Å². The summed E-state index contributed by atoms with van der Waals surface area (Å²) in [5.74, 6) is -0.951. The molecular formula is C7H10N2O3S. The van der Waals surface area contributed by atoms with Crippen LogP contribution in [0.4, 0.5) is 0 Å². The molecule has 0 spiro atoms. The van der Waals surface area contributed by atoms with Gasteiger partial charge in [-0.1, -0.05) is 0 Å². The number of hydrogen-bond acceptors (Lipinski definition) is 4. The Morgan fingerprint density at radius 1 is 1.62 bits per heavy atom. The minimum absolute atomic E-state index is 0.188. The number of carbonyl (C=O) groups is 1. The van der Waals surface area contributed by atoms with Crippen LogP contribution in [0, 0.1) is 0 Å². The highest BCUT2D eigenvalue weighted by Gasteiger charge is 2.14. The van der Waals surface area contributed by atoms with E-state index in [1.807, 2.05) is 0 Å². The molecule has 0 amide bonds. The van der Waals surface area contributed by atoms with Crippen LogP contribution in [-0.4, -0.2) is 36.0 Å². The topological polar surface area (TPSA) is 69.0 Å². The molecular weight excluding hydrogens is 192 g/mol. The van der Waals surface area contributed by atoms with Gasteiger partial charge in [0, 0.05) is 19.5 Å². The van der Waals surface area contributed by atoms with Gasteiger partial charge in [0.05, 0.1) is 0 Å². The first-order valence-electron chi connectivity index (χ1n) is 3.59. The summed E-state index contributed by atoms with van der Waals surface area (Å²) in [6, 6.07) is 1.49. The first kappa shape index (κ1) is 9.91. The summed E-state index contributed by atoms with van der Waals surface area (Å²) in [5, 5.41) is 3.80. The van der Waals surface area contributed by atoms with Crippen molar-refractivity contribution in [2.24, 2.45) is 7.05 Å². The molecule has 0 fully saturated rings. The van der Waals surface area contributed by atoms with Crippen LogP contribution in [-0.2, 0) is 16.9 Å². The Hall–Kier alpha value is -1.17. The second kappa shape index (κ2) is 3.29. The standard InChI is InChI=1S/C7H10N2O3S/c1-9-4-3-6(8-9)7(10)5-13(2,11)12/h3-4H,5H2,1-2H3. The van der Waals surface area contributed by atoms with E-state index < -0.39 is 21.4 Å². The molecule has 0 aliphatic carbocycles. The van der Waals surface area contributed by atoms with E-state index in [2.05, 4.69) is 5.10 Å². The van der Waals surface area contributed by atoms with E-state index >= 15 is 0 Å². The average molecular weight is 202 g/mol. The lowest BCUT2D eigenvalue weighted by atomic mass is 10.3. The van der Waals surface area contributed by atoms with E-state index in [-0.39, 0.29) is 5.69 Å². The lowest BCUT2D eigenvalue weighted by Gasteiger charge is -1.93. The molecule has 0 saturated heterocycles. The molecule has 0 radical (unpaired) electrons. The second-order valence-electron chi connectivity index (χ2n) is 2.87. The van der Waals surface area contributed by atoms with Gasteiger partial charge in [0.15, 0.2) is 15.6 Å². The quantitative estimate of drug-likeness (QED) is 0.628. The summed E-state index contributed by atoms with van der Waals surface area (Å²) in [6.45, 7) is 0. The van der Waals surface area contributed by atoms with Crippen molar-refractivity contribution in [1.82, 2.24) is 9.78 Å². The third-order valence-electron chi connectivity index (χ3n) is 1.39. The zero-order valence-corrected chi connectivity index (χ0v) is 8.21. The predicted octanol–water partition coefficient (Wildman–Crippen LogP) is -0.353. The summed E-state index contributed by atoms with van der Waals surface area (Å²) in [5.41, 5.74) is 0.188. The SMILES string of the molecule is Cn1ccc(C(=O)CS(C)(=O)=O)n1. The van der Waals surface area contributed by atoms with Gasteiger partial charge in [0.1, 0.15) is 11.4 Å². The molecule has 1 aromatic rings. The predicted molar refractivity (Wildman–Crippen MR) is 47.2 cm³/mol. The Balaban J connectivity index is 2.81. The van der Waals surface area contributed by atoms with Crippen LogP contribution in [0.25, 0.3) is 0 Å². The van der Waals surface area contributed by atoms with Gasteiger partial charge in [-0.3, -0.25) is 9.48 Å². The summed E-state index contributed by atoms with van der Waals surface area (Å²) < 4.78 is 23.0. The van der Waals surface area contributed by atoms with Crippen molar-refractivity contribution in [3.05, 3.63) is 18.0 Å². The minimum Gasteiger partial charge on any atom is -0.291 e. The van der Waals surface area contributed by atoms with Crippen LogP contribution in [0.15, 0.2) is 12.3 Å². The number of carbonyl (C=O) groups excluding carboxylic acids is 1. The Morgan fingerprint density at radius 2 is 2.23 bits per heavy atom. The van der Waals surface area contributed by atoms with Gasteiger partial charge in [-0.15, -0.1) is 0 Å². The van der Waals surface area contributed by atoms with Crippen molar-refractivity contribution in [2.45, 2.75) is 0 Å². The first-order chi connectivity index (χ1) is 5.88.